The Morgan fingerprint density at radius 1 is 1.36 bits per heavy atom. The first kappa shape index (κ1) is 17.4. The first-order valence-electron chi connectivity index (χ1n) is 8.61. The number of aryl methyl sites for hydroxylation is 1. The summed E-state index contributed by atoms with van der Waals surface area (Å²) < 4.78 is 7.29. The average Bonchev–Trinajstić information content (AvgIpc) is 3.07. The molecular formula is C18H25N5O2. The average molecular weight is 343 g/mol. The summed E-state index contributed by atoms with van der Waals surface area (Å²) in [6.45, 7) is 3.42. The van der Waals surface area contributed by atoms with E-state index in [-0.39, 0.29) is 12.1 Å². The van der Waals surface area contributed by atoms with Gasteiger partial charge in [0.25, 0.3) is 0 Å². The molecule has 1 fully saturated rings. The summed E-state index contributed by atoms with van der Waals surface area (Å²) >= 11 is 0. The zero-order chi connectivity index (χ0) is 17.8. The lowest BCUT2D eigenvalue weighted by Gasteiger charge is -2.31. The van der Waals surface area contributed by atoms with Gasteiger partial charge in [0.15, 0.2) is 0 Å². The minimum absolute atomic E-state index is 0.000933. The molecule has 134 valence electrons. The second-order valence-electron chi connectivity index (χ2n) is 6.49. The van der Waals surface area contributed by atoms with Crippen LogP contribution in [0.2, 0.25) is 0 Å². The molecule has 2 aromatic rings. The lowest BCUT2D eigenvalue weighted by molar-refractivity contribution is 0.119. The van der Waals surface area contributed by atoms with Crippen molar-refractivity contribution in [2.24, 2.45) is 7.05 Å². The van der Waals surface area contributed by atoms with E-state index in [1.54, 1.807) is 13.4 Å². The Labute approximate surface area is 148 Å². The topological polar surface area (TPSA) is 72.3 Å². The Bertz CT molecular complexity index is 722. The fourth-order valence-electron chi connectivity index (χ4n) is 3.21. The van der Waals surface area contributed by atoms with E-state index in [0.29, 0.717) is 5.92 Å². The molecule has 2 heterocycles. The number of anilines is 1. The second kappa shape index (κ2) is 7.65. The van der Waals surface area contributed by atoms with Crippen molar-refractivity contribution in [1.82, 2.24) is 19.7 Å². The van der Waals surface area contributed by atoms with Gasteiger partial charge in [-0.2, -0.15) is 0 Å². The van der Waals surface area contributed by atoms with E-state index in [1.807, 2.05) is 47.7 Å². The van der Waals surface area contributed by atoms with E-state index in [4.69, 9.17) is 4.74 Å². The Morgan fingerprint density at radius 2 is 2.12 bits per heavy atom. The number of amides is 2. The molecule has 7 heteroatoms. The van der Waals surface area contributed by atoms with Crippen LogP contribution < -0.4 is 5.32 Å². The SMILES string of the molecule is COC(C)c1cccc(NC(=O)N2CCC(c3nncn3C)CC2)c1. The molecule has 1 aromatic carbocycles. The zero-order valence-corrected chi connectivity index (χ0v) is 15.0. The van der Waals surface area contributed by atoms with Crippen LogP contribution in [-0.4, -0.2) is 45.9 Å². The summed E-state index contributed by atoms with van der Waals surface area (Å²) in [5.41, 5.74) is 1.84. The third kappa shape index (κ3) is 3.99. The molecule has 0 saturated carbocycles. The predicted molar refractivity (Wildman–Crippen MR) is 95.4 cm³/mol. The molecular weight excluding hydrogens is 318 g/mol. The molecule has 1 aliphatic rings. The van der Waals surface area contributed by atoms with Gasteiger partial charge in [0.1, 0.15) is 12.2 Å². The lowest BCUT2D eigenvalue weighted by Crippen LogP contribution is -2.40. The first-order chi connectivity index (χ1) is 12.1. The van der Waals surface area contributed by atoms with Crippen molar-refractivity contribution in [3.8, 4) is 0 Å². The molecule has 2 amide bonds. The van der Waals surface area contributed by atoms with Gasteiger partial charge in [-0.05, 0) is 37.5 Å². The summed E-state index contributed by atoms with van der Waals surface area (Å²) in [5.74, 6) is 1.36. The monoisotopic (exact) mass is 343 g/mol. The summed E-state index contributed by atoms with van der Waals surface area (Å²) in [4.78, 5) is 14.4. The third-order valence-corrected chi connectivity index (χ3v) is 4.85. The molecule has 25 heavy (non-hydrogen) atoms. The van der Waals surface area contributed by atoms with E-state index in [0.717, 1.165) is 43.0 Å². The van der Waals surface area contributed by atoms with Crippen molar-refractivity contribution in [2.75, 3.05) is 25.5 Å². The highest BCUT2D eigenvalue weighted by Gasteiger charge is 2.26. The molecule has 0 bridgehead atoms. The number of methoxy groups -OCH3 is 1. The highest BCUT2D eigenvalue weighted by atomic mass is 16.5. The fraction of sp³-hybridized carbons (Fsp3) is 0.500. The van der Waals surface area contributed by atoms with Gasteiger partial charge < -0.3 is 19.5 Å². The van der Waals surface area contributed by atoms with Crippen LogP contribution in [0.3, 0.4) is 0 Å². The molecule has 1 atom stereocenters. The van der Waals surface area contributed by atoms with Crippen LogP contribution in [0, 0.1) is 0 Å². The van der Waals surface area contributed by atoms with Crippen LogP contribution in [0.4, 0.5) is 10.5 Å². The summed E-state index contributed by atoms with van der Waals surface area (Å²) in [6, 6.07) is 7.73. The van der Waals surface area contributed by atoms with E-state index in [1.165, 1.54) is 0 Å². The van der Waals surface area contributed by atoms with Gasteiger partial charge in [0.2, 0.25) is 0 Å². The van der Waals surface area contributed by atoms with Crippen LogP contribution in [0.25, 0.3) is 0 Å². The number of rotatable bonds is 4. The maximum absolute atomic E-state index is 12.5. The zero-order valence-electron chi connectivity index (χ0n) is 15.0. The van der Waals surface area contributed by atoms with Crippen LogP contribution in [0.5, 0.6) is 0 Å². The summed E-state index contributed by atoms with van der Waals surface area (Å²) in [6.07, 6.45) is 3.53. The lowest BCUT2D eigenvalue weighted by atomic mass is 9.96. The molecule has 1 aliphatic heterocycles. The standard InChI is InChI=1S/C18H25N5O2/c1-13(25-3)15-5-4-6-16(11-15)20-18(24)23-9-7-14(8-10-23)17-21-19-12-22(17)2/h4-6,11-14H,7-10H2,1-3H3,(H,20,24). The molecule has 7 nitrogen and oxygen atoms in total. The van der Waals surface area contributed by atoms with Crippen molar-refractivity contribution in [2.45, 2.75) is 31.8 Å². The fourth-order valence-corrected chi connectivity index (χ4v) is 3.21. The number of aromatic nitrogens is 3. The van der Waals surface area contributed by atoms with Gasteiger partial charge >= 0.3 is 6.03 Å². The number of hydrogen-bond donors (Lipinski definition) is 1. The van der Waals surface area contributed by atoms with Crippen molar-refractivity contribution in [1.29, 1.82) is 0 Å². The van der Waals surface area contributed by atoms with E-state index in [9.17, 15) is 4.79 Å². The van der Waals surface area contributed by atoms with E-state index in [2.05, 4.69) is 15.5 Å². The van der Waals surface area contributed by atoms with Gasteiger partial charge in [0, 0.05) is 38.9 Å². The number of ether oxygens (including phenoxy) is 1. The first-order valence-corrected chi connectivity index (χ1v) is 8.61. The predicted octanol–water partition coefficient (Wildman–Crippen LogP) is 2.93. The number of piperidine rings is 1. The van der Waals surface area contributed by atoms with Crippen molar-refractivity contribution < 1.29 is 9.53 Å². The Balaban J connectivity index is 1.57. The van der Waals surface area contributed by atoms with Crippen LogP contribution in [-0.2, 0) is 11.8 Å². The summed E-state index contributed by atoms with van der Waals surface area (Å²) in [7, 11) is 3.64. The van der Waals surface area contributed by atoms with Gasteiger partial charge in [-0.3, -0.25) is 0 Å². The quantitative estimate of drug-likeness (QED) is 0.926. The largest absolute Gasteiger partial charge is 0.377 e. The Kier molecular flexibility index (Phi) is 5.33. The Morgan fingerprint density at radius 3 is 2.76 bits per heavy atom. The smallest absolute Gasteiger partial charge is 0.321 e. The van der Waals surface area contributed by atoms with Gasteiger partial charge in [-0.25, -0.2) is 4.79 Å². The van der Waals surface area contributed by atoms with Crippen molar-refractivity contribution >= 4 is 11.7 Å². The number of carbonyl (C=O) groups excluding carboxylic acids is 1. The molecule has 1 saturated heterocycles. The highest BCUT2D eigenvalue weighted by molar-refractivity contribution is 5.89. The molecule has 1 N–H and O–H groups in total. The van der Waals surface area contributed by atoms with Crippen LogP contribution in [0.1, 0.15) is 43.2 Å². The molecule has 0 radical (unpaired) electrons. The van der Waals surface area contributed by atoms with E-state index >= 15 is 0 Å². The minimum atomic E-state index is -0.0568. The number of hydrogen-bond acceptors (Lipinski definition) is 4. The minimum Gasteiger partial charge on any atom is -0.377 e. The van der Waals surface area contributed by atoms with Crippen molar-refractivity contribution in [3.05, 3.63) is 42.0 Å². The maximum Gasteiger partial charge on any atom is 0.321 e. The molecule has 3 rings (SSSR count). The van der Waals surface area contributed by atoms with Gasteiger partial charge in [-0.15, -0.1) is 10.2 Å². The second-order valence-corrected chi connectivity index (χ2v) is 6.49. The number of urea groups is 1. The van der Waals surface area contributed by atoms with Gasteiger partial charge in [-0.1, -0.05) is 12.1 Å². The number of likely N-dealkylation sites (tertiary alicyclic amines) is 1. The van der Waals surface area contributed by atoms with Crippen LogP contribution >= 0.6 is 0 Å². The third-order valence-electron chi connectivity index (χ3n) is 4.85. The molecule has 0 aliphatic carbocycles. The number of benzene rings is 1. The summed E-state index contributed by atoms with van der Waals surface area (Å²) in [5, 5.41) is 11.1. The number of carbonyl (C=O) groups is 1. The van der Waals surface area contributed by atoms with E-state index < -0.39 is 0 Å². The maximum atomic E-state index is 12.5. The highest BCUT2D eigenvalue weighted by Crippen LogP contribution is 2.26. The molecule has 1 aromatic heterocycles. The molecule has 0 spiro atoms. The normalized spacial score (nSPS) is 16.7. The van der Waals surface area contributed by atoms with Crippen LogP contribution in [0.15, 0.2) is 30.6 Å². The van der Waals surface area contributed by atoms with Crippen molar-refractivity contribution in [3.63, 3.8) is 0 Å². The number of nitrogens with zero attached hydrogens (tertiary/aromatic N) is 4. The Hall–Kier alpha value is -2.41. The van der Waals surface area contributed by atoms with Gasteiger partial charge in [0.05, 0.1) is 6.10 Å². The number of nitrogens with one attached hydrogen (secondary N) is 1. The molecule has 1 unspecified atom stereocenters.